The summed E-state index contributed by atoms with van der Waals surface area (Å²) in [6.45, 7) is 3.72. The van der Waals surface area contributed by atoms with Gasteiger partial charge in [-0.25, -0.2) is 0 Å². The van der Waals surface area contributed by atoms with E-state index in [2.05, 4.69) is 5.32 Å². The molecule has 28 heavy (non-hydrogen) atoms. The summed E-state index contributed by atoms with van der Waals surface area (Å²) in [4.78, 5) is 22.9. The zero-order valence-electron chi connectivity index (χ0n) is 15.3. The molecule has 5 nitrogen and oxygen atoms in total. The quantitative estimate of drug-likeness (QED) is 0.437. The van der Waals surface area contributed by atoms with Crippen LogP contribution in [0.1, 0.15) is 45.7 Å². The van der Waals surface area contributed by atoms with Crippen LogP contribution in [0.15, 0.2) is 42.5 Å². The van der Waals surface area contributed by atoms with E-state index in [1.165, 1.54) is 30.3 Å². The standard InChI is InChI=1S/C20H19F3N2O3/c1-12(2)11-28-17-8-7-15(9-16(17)20(21,22)23)19(27)25-18(24)14-5-3-13(10-26)4-6-14/h3-10,12H,11H2,1-2H3,(H2,24,25,27). The number of amides is 1. The van der Waals surface area contributed by atoms with E-state index in [4.69, 9.17) is 10.1 Å². The van der Waals surface area contributed by atoms with Gasteiger partial charge in [0.2, 0.25) is 0 Å². The van der Waals surface area contributed by atoms with Crippen LogP contribution in [0.5, 0.6) is 5.75 Å². The fraction of sp³-hybridized carbons (Fsp3) is 0.250. The van der Waals surface area contributed by atoms with Crippen LogP contribution in [-0.4, -0.2) is 24.6 Å². The number of carbonyl (C=O) groups excluding carboxylic acids is 2. The van der Waals surface area contributed by atoms with Gasteiger partial charge in [0.25, 0.3) is 5.91 Å². The number of halogens is 3. The molecule has 148 valence electrons. The average molecular weight is 392 g/mol. The van der Waals surface area contributed by atoms with Crippen molar-refractivity contribution in [1.82, 2.24) is 5.32 Å². The van der Waals surface area contributed by atoms with E-state index in [1.807, 2.05) is 13.8 Å². The van der Waals surface area contributed by atoms with E-state index in [1.54, 1.807) is 0 Å². The predicted molar refractivity (Wildman–Crippen MR) is 97.9 cm³/mol. The zero-order valence-corrected chi connectivity index (χ0v) is 15.3. The molecule has 0 radical (unpaired) electrons. The van der Waals surface area contributed by atoms with Gasteiger partial charge in [-0.1, -0.05) is 38.1 Å². The molecule has 0 unspecified atom stereocenters. The van der Waals surface area contributed by atoms with E-state index in [9.17, 15) is 22.8 Å². The Balaban J connectivity index is 2.22. The van der Waals surface area contributed by atoms with Gasteiger partial charge in [-0.15, -0.1) is 0 Å². The molecule has 0 saturated heterocycles. The van der Waals surface area contributed by atoms with Crippen molar-refractivity contribution in [3.63, 3.8) is 0 Å². The number of amidine groups is 1. The first-order valence-corrected chi connectivity index (χ1v) is 8.41. The van der Waals surface area contributed by atoms with Crippen LogP contribution >= 0.6 is 0 Å². The molecule has 0 aliphatic heterocycles. The molecule has 0 bridgehead atoms. The second-order valence-corrected chi connectivity index (χ2v) is 6.48. The maximum Gasteiger partial charge on any atom is 0.419 e. The number of hydrogen-bond donors (Lipinski definition) is 2. The van der Waals surface area contributed by atoms with Crippen LogP contribution in [0, 0.1) is 11.3 Å². The van der Waals surface area contributed by atoms with Crippen LogP contribution in [0.4, 0.5) is 13.2 Å². The lowest BCUT2D eigenvalue weighted by atomic mass is 10.1. The number of hydrogen-bond acceptors (Lipinski definition) is 4. The highest BCUT2D eigenvalue weighted by atomic mass is 19.4. The summed E-state index contributed by atoms with van der Waals surface area (Å²) in [6.07, 6.45) is -4.06. The summed E-state index contributed by atoms with van der Waals surface area (Å²) < 4.78 is 45.2. The monoisotopic (exact) mass is 392 g/mol. The Bertz CT molecular complexity index is 875. The SMILES string of the molecule is CC(C)COc1ccc(C(=O)NC(=N)c2ccc(C=O)cc2)cc1C(F)(F)F. The molecular formula is C20H19F3N2O3. The maximum atomic E-state index is 13.3. The second kappa shape index (κ2) is 8.69. The predicted octanol–water partition coefficient (Wildman–Crippen LogP) is 4.31. The van der Waals surface area contributed by atoms with Crippen molar-refractivity contribution in [2.24, 2.45) is 5.92 Å². The van der Waals surface area contributed by atoms with E-state index in [0.717, 1.165) is 6.07 Å². The van der Waals surface area contributed by atoms with E-state index >= 15 is 0 Å². The first-order valence-electron chi connectivity index (χ1n) is 8.41. The second-order valence-electron chi connectivity index (χ2n) is 6.48. The average Bonchev–Trinajstić information content (AvgIpc) is 2.65. The molecule has 0 spiro atoms. The number of alkyl halides is 3. The van der Waals surface area contributed by atoms with Crippen LogP contribution in [0.25, 0.3) is 0 Å². The zero-order chi connectivity index (χ0) is 20.9. The van der Waals surface area contributed by atoms with Crippen LogP contribution in [0.3, 0.4) is 0 Å². The maximum absolute atomic E-state index is 13.3. The van der Waals surface area contributed by atoms with Gasteiger partial charge in [0.1, 0.15) is 17.9 Å². The minimum Gasteiger partial charge on any atom is -0.493 e. The third-order valence-corrected chi connectivity index (χ3v) is 3.69. The highest BCUT2D eigenvalue weighted by Gasteiger charge is 2.35. The van der Waals surface area contributed by atoms with Crippen molar-refractivity contribution in [2.75, 3.05) is 6.61 Å². The van der Waals surface area contributed by atoms with Crippen LogP contribution in [-0.2, 0) is 6.18 Å². The number of aldehydes is 1. The summed E-state index contributed by atoms with van der Waals surface area (Å²) in [7, 11) is 0. The Labute approximate surface area is 160 Å². The highest BCUT2D eigenvalue weighted by molar-refractivity contribution is 6.11. The number of nitrogens with one attached hydrogen (secondary N) is 2. The molecule has 1 amide bonds. The summed E-state index contributed by atoms with van der Waals surface area (Å²) in [5, 5.41) is 10.1. The van der Waals surface area contributed by atoms with Gasteiger partial charge in [0.15, 0.2) is 0 Å². The van der Waals surface area contributed by atoms with Crippen molar-refractivity contribution >= 4 is 18.0 Å². The normalized spacial score (nSPS) is 11.2. The van der Waals surface area contributed by atoms with Gasteiger partial charge in [-0.2, -0.15) is 13.2 Å². The fourth-order valence-electron chi connectivity index (χ4n) is 2.26. The summed E-state index contributed by atoms with van der Waals surface area (Å²) in [5.41, 5.74) is -0.595. The lowest BCUT2D eigenvalue weighted by Crippen LogP contribution is -2.30. The lowest BCUT2D eigenvalue weighted by Gasteiger charge is -2.16. The van der Waals surface area contributed by atoms with E-state index in [0.29, 0.717) is 23.5 Å². The highest BCUT2D eigenvalue weighted by Crippen LogP contribution is 2.37. The third kappa shape index (κ3) is 5.42. The molecule has 0 saturated carbocycles. The Morgan fingerprint density at radius 2 is 1.75 bits per heavy atom. The first-order chi connectivity index (χ1) is 13.1. The van der Waals surface area contributed by atoms with Gasteiger partial charge in [-0.05, 0) is 24.1 Å². The van der Waals surface area contributed by atoms with Crippen molar-refractivity contribution < 1.29 is 27.5 Å². The van der Waals surface area contributed by atoms with Gasteiger partial charge >= 0.3 is 6.18 Å². The van der Waals surface area contributed by atoms with Gasteiger partial charge in [0.05, 0.1) is 12.2 Å². The third-order valence-electron chi connectivity index (χ3n) is 3.69. The van der Waals surface area contributed by atoms with E-state index < -0.39 is 17.6 Å². The Hall–Kier alpha value is -3.16. The number of benzene rings is 2. The Morgan fingerprint density at radius 3 is 2.29 bits per heavy atom. The summed E-state index contributed by atoms with van der Waals surface area (Å²) in [5.74, 6) is -1.46. The Morgan fingerprint density at radius 1 is 1.14 bits per heavy atom. The molecule has 2 aromatic carbocycles. The minimum atomic E-state index is -4.69. The topological polar surface area (TPSA) is 79.2 Å². The molecule has 2 rings (SSSR count). The molecular weight excluding hydrogens is 373 g/mol. The molecule has 0 fully saturated rings. The molecule has 0 aliphatic rings. The number of rotatable bonds is 6. The van der Waals surface area contributed by atoms with Crippen LogP contribution in [0.2, 0.25) is 0 Å². The minimum absolute atomic E-state index is 0.0372. The smallest absolute Gasteiger partial charge is 0.419 e. The molecule has 0 heterocycles. The van der Waals surface area contributed by atoms with Crippen molar-refractivity contribution in [3.05, 3.63) is 64.7 Å². The lowest BCUT2D eigenvalue weighted by molar-refractivity contribution is -0.139. The fourth-order valence-corrected chi connectivity index (χ4v) is 2.26. The molecule has 0 aromatic heterocycles. The Kier molecular flexibility index (Phi) is 6.56. The molecule has 8 heteroatoms. The van der Waals surface area contributed by atoms with Gasteiger partial charge in [0, 0.05) is 16.7 Å². The van der Waals surface area contributed by atoms with Gasteiger partial charge < -0.3 is 10.1 Å². The number of carbonyl (C=O) groups is 2. The largest absolute Gasteiger partial charge is 0.493 e. The van der Waals surface area contributed by atoms with Crippen molar-refractivity contribution in [2.45, 2.75) is 20.0 Å². The van der Waals surface area contributed by atoms with Crippen molar-refractivity contribution in [1.29, 1.82) is 5.41 Å². The van der Waals surface area contributed by atoms with E-state index in [-0.39, 0.29) is 29.7 Å². The summed E-state index contributed by atoms with van der Waals surface area (Å²) >= 11 is 0. The first kappa shape index (κ1) is 21.1. The molecule has 0 atom stereocenters. The summed E-state index contributed by atoms with van der Waals surface area (Å²) in [6, 6.07) is 8.85. The van der Waals surface area contributed by atoms with Crippen molar-refractivity contribution in [3.8, 4) is 5.75 Å². The molecule has 2 aromatic rings. The number of ether oxygens (including phenoxy) is 1. The van der Waals surface area contributed by atoms with Gasteiger partial charge in [-0.3, -0.25) is 15.0 Å². The van der Waals surface area contributed by atoms with Crippen LogP contribution < -0.4 is 10.1 Å². The molecule has 2 N–H and O–H groups in total. The molecule has 0 aliphatic carbocycles.